The maximum absolute atomic E-state index is 12.3. The van der Waals surface area contributed by atoms with Crippen LogP contribution in [0.4, 0.5) is 5.69 Å². The van der Waals surface area contributed by atoms with Gasteiger partial charge in [0.25, 0.3) is 0 Å². The zero-order valence-electron chi connectivity index (χ0n) is 12.8. The van der Waals surface area contributed by atoms with E-state index in [9.17, 15) is 9.90 Å². The minimum absolute atomic E-state index is 0.301. The number of carbonyl (C=O) groups excluding carboxylic acids is 1. The van der Waals surface area contributed by atoms with Gasteiger partial charge in [-0.15, -0.1) is 0 Å². The fourth-order valence-corrected chi connectivity index (χ4v) is 3.35. The van der Waals surface area contributed by atoms with E-state index in [4.69, 9.17) is 9.47 Å². The number of hydrogen-bond acceptors (Lipinski definition) is 6. The summed E-state index contributed by atoms with van der Waals surface area (Å²) >= 11 is 1.02. The summed E-state index contributed by atoms with van der Waals surface area (Å²) in [7, 11) is 3.17. The number of ether oxygens (including phenoxy) is 2. The fraction of sp³-hybridized carbons (Fsp3) is 0.235. The second-order valence-corrected chi connectivity index (χ2v) is 6.17. The second kappa shape index (κ2) is 6.52. The van der Waals surface area contributed by atoms with Gasteiger partial charge in [-0.3, -0.25) is 4.79 Å². The van der Waals surface area contributed by atoms with E-state index in [1.165, 1.54) is 0 Å². The van der Waals surface area contributed by atoms with Crippen LogP contribution in [-0.4, -0.2) is 30.5 Å². The van der Waals surface area contributed by atoms with Crippen molar-refractivity contribution in [2.24, 2.45) is 0 Å². The van der Waals surface area contributed by atoms with Crippen LogP contribution < -0.4 is 14.8 Å². The number of thioether (sulfide) groups is 1. The number of aliphatic hydroxyl groups is 1. The third-order valence-electron chi connectivity index (χ3n) is 3.74. The van der Waals surface area contributed by atoms with Gasteiger partial charge >= 0.3 is 0 Å². The number of fused-ring (bicyclic) bond motifs is 1. The van der Waals surface area contributed by atoms with Crippen LogP contribution in [0, 0.1) is 0 Å². The molecule has 0 aromatic heterocycles. The average molecular weight is 331 g/mol. The number of methoxy groups -OCH3 is 2. The molecular formula is C17H17NO4S. The molecule has 120 valence electrons. The molecule has 1 heterocycles. The van der Waals surface area contributed by atoms with E-state index in [0.717, 1.165) is 33.7 Å². The molecule has 2 atom stereocenters. The lowest BCUT2D eigenvalue weighted by molar-refractivity contribution is -0.118. The topological polar surface area (TPSA) is 67.8 Å². The third kappa shape index (κ3) is 3.13. The highest BCUT2D eigenvalue weighted by atomic mass is 32.2. The van der Waals surface area contributed by atoms with E-state index in [1.807, 2.05) is 24.3 Å². The Morgan fingerprint density at radius 3 is 2.35 bits per heavy atom. The Morgan fingerprint density at radius 1 is 1.04 bits per heavy atom. The Bertz CT molecular complexity index is 717. The van der Waals surface area contributed by atoms with E-state index in [0.29, 0.717) is 5.75 Å². The van der Waals surface area contributed by atoms with E-state index in [-0.39, 0.29) is 5.12 Å². The van der Waals surface area contributed by atoms with E-state index < -0.39 is 12.1 Å². The molecule has 23 heavy (non-hydrogen) atoms. The summed E-state index contributed by atoms with van der Waals surface area (Å²) in [5.41, 5.74) is 1.61. The van der Waals surface area contributed by atoms with E-state index in [2.05, 4.69) is 5.32 Å². The Labute approximate surface area is 138 Å². The normalized spacial score (nSPS) is 20.2. The molecule has 0 saturated carbocycles. The first-order valence-electron chi connectivity index (χ1n) is 7.10. The highest BCUT2D eigenvalue weighted by Crippen LogP contribution is 2.39. The van der Waals surface area contributed by atoms with Crippen LogP contribution in [0.25, 0.3) is 0 Å². The Balaban J connectivity index is 1.97. The Kier molecular flexibility index (Phi) is 4.45. The van der Waals surface area contributed by atoms with Crippen molar-refractivity contribution in [1.82, 2.24) is 0 Å². The predicted molar refractivity (Wildman–Crippen MR) is 89.2 cm³/mol. The van der Waals surface area contributed by atoms with Gasteiger partial charge in [0.1, 0.15) is 17.6 Å². The second-order valence-electron chi connectivity index (χ2n) is 5.12. The molecule has 5 nitrogen and oxygen atoms in total. The maximum atomic E-state index is 12.3. The number of hydrogen-bond donors (Lipinski definition) is 2. The lowest BCUT2D eigenvalue weighted by atomic mass is 10.0. The van der Waals surface area contributed by atoms with Crippen LogP contribution in [0.2, 0.25) is 0 Å². The molecule has 2 aromatic rings. The molecule has 1 aliphatic heterocycles. The molecule has 2 aromatic carbocycles. The smallest absolute Gasteiger partial charge is 0.224 e. The minimum Gasteiger partial charge on any atom is -0.497 e. The number of anilines is 1. The predicted octanol–water partition coefficient (Wildman–Crippen LogP) is 2.85. The highest BCUT2D eigenvalue weighted by Gasteiger charge is 2.32. The monoisotopic (exact) mass is 331 g/mol. The van der Waals surface area contributed by atoms with Crippen LogP contribution in [0.3, 0.4) is 0 Å². The van der Waals surface area contributed by atoms with E-state index in [1.54, 1.807) is 32.4 Å². The molecule has 0 radical (unpaired) electrons. The van der Waals surface area contributed by atoms with Crippen LogP contribution >= 0.6 is 11.8 Å². The standard InChI is InChI=1S/C17H17NO4S/c1-21-11-5-3-10(4-6-11)15-16(19)17(20)23-14-9-12(22-2)7-8-13(14)18-15/h3-9,15-16,18-19H,1-2H3/t15-,16-/m1/s1. The zero-order valence-corrected chi connectivity index (χ0v) is 13.6. The van der Waals surface area contributed by atoms with Gasteiger partial charge in [0, 0.05) is 10.6 Å². The van der Waals surface area contributed by atoms with Gasteiger partial charge in [0.05, 0.1) is 20.3 Å². The Morgan fingerprint density at radius 2 is 1.70 bits per heavy atom. The molecule has 0 fully saturated rings. The summed E-state index contributed by atoms with van der Waals surface area (Å²) < 4.78 is 10.3. The summed E-state index contributed by atoms with van der Waals surface area (Å²) in [6.45, 7) is 0. The van der Waals surface area contributed by atoms with E-state index >= 15 is 0 Å². The van der Waals surface area contributed by atoms with Crippen molar-refractivity contribution >= 4 is 22.6 Å². The molecule has 2 N–H and O–H groups in total. The van der Waals surface area contributed by atoms with Crippen molar-refractivity contribution < 1.29 is 19.4 Å². The molecule has 6 heteroatoms. The van der Waals surface area contributed by atoms with Crippen molar-refractivity contribution in [1.29, 1.82) is 0 Å². The lowest BCUT2D eigenvalue weighted by Gasteiger charge is -2.22. The van der Waals surface area contributed by atoms with Gasteiger partial charge in [-0.05, 0) is 47.7 Å². The van der Waals surface area contributed by atoms with Gasteiger partial charge in [-0.1, -0.05) is 12.1 Å². The van der Waals surface area contributed by atoms with Crippen molar-refractivity contribution in [2.75, 3.05) is 19.5 Å². The van der Waals surface area contributed by atoms with Crippen LogP contribution in [0.5, 0.6) is 11.5 Å². The van der Waals surface area contributed by atoms with Crippen LogP contribution in [-0.2, 0) is 4.79 Å². The summed E-state index contributed by atoms with van der Waals surface area (Å²) in [5, 5.41) is 13.4. The summed E-state index contributed by atoms with van der Waals surface area (Å²) in [4.78, 5) is 13.0. The molecule has 0 bridgehead atoms. The fourth-order valence-electron chi connectivity index (χ4n) is 2.46. The number of benzene rings is 2. The SMILES string of the molecule is COc1ccc([C@H]2Nc3ccc(OC)cc3SC(=O)[C@@H]2O)cc1. The number of rotatable bonds is 3. The first-order chi connectivity index (χ1) is 11.1. The summed E-state index contributed by atoms with van der Waals surface area (Å²) in [6.07, 6.45) is -1.15. The quantitative estimate of drug-likeness (QED) is 0.901. The van der Waals surface area contributed by atoms with Gasteiger partial charge in [-0.25, -0.2) is 0 Å². The Hall–Kier alpha value is -2.18. The number of nitrogens with one attached hydrogen (secondary N) is 1. The third-order valence-corrected chi connectivity index (χ3v) is 4.74. The van der Waals surface area contributed by atoms with Crippen molar-refractivity contribution in [2.45, 2.75) is 17.0 Å². The van der Waals surface area contributed by atoms with Crippen molar-refractivity contribution in [3.63, 3.8) is 0 Å². The first-order valence-corrected chi connectivity index (χ1v) is 7.92. The molecule has 0 spiro atoms. The number of aliphatic hydroxyl groups excluding tert-OH is 1. The lowest BCUT2D eigenvalue weighted by Crippen LogP contribution is -2.29. The van der Waals surface area contributed by atoms with Crippen molar-refractivity contribution in [3.8, 4) is 11.5 Å². The molecule has 3 rings (SSSR count). The molecule has 0 unspecified atom stereocenters. The largest absolute Gasteiger partial charge is 0.497 e. The first kappa shape index (κ1) is 15.7. The zero-order chi connectivity index (χ0) is 16.4. The van der Waals surface area contributed by atoms with Crippen molar-refractivity contribution in [3.05, 3.63) is 48.0 Å². The highest BCUT2D eigenvalue weighted by molar-refractivity contribution is 8.14. The minimum atomic E-state index is -1.15. The number of carbonyl (C=O) groups is 1. The molecule has 1 aliphatic rings. The molecular weight excluding hydrogens is 314 g/mol. The van der Waals surface area contributed by atoms with Crippen LogP contribution in [0.1, 0.15) is 11.6 Å². The summed E-state index contributed by atoms with van der Waals surface area (Å²) in [5.74, 6) is 1.39. The maximum Gasteiger partial charge on any atom is 0.224 e. The van der Waals surface area contributed by atoms with Gasteiger partial charge in [0.2, 0.25) is 5.12 Å². The molecule has 0 aliphatic carbocycles. The van der Waals surface area contributed by atoms with Gasteiger partial charge in [-0.2, -0.15) is 0 Å². The summed E-state index contributed by atoms with van der Waals surface area (Å²) in [6, 6.07) is 12.2. The van der Waals surface area contributed by atoms with Gasteiger partial charge in [0.15, 0.2) is 0 Å². The average Bonchev–Trinajstić information content (AvgIpc) is 2.71. The van der Waals surface area contributed by atoms with Crippen LogP contribution in [0.15, 0.2) is 47.4 Å². The molecule has 0 amide bonds. The molecule has 0 saturated heterocycles. The van der Waals surface area contributed by atoms with Gasteiger partial charge < -0.3 is 19.9 Å².